The number of hydrogen-bond acceptors (Lipinski definition) is 0. The highest BCUT2D eigenvalue weighted by Gasteiger charge is 2.10. The fourth-order valence-corrected chi connectivity index (χ4v) is 2.22. The molecule has 0 amide bonds. The lowest BCUT2D eigenvalue weighted by Crippen LogP contribution is -2.02. The van der Waals surface area contributed by atoms with Gasteiger partial charge >= 0.3 is 0 Å². The molecule has 1 aromatic rings. The number of hydrogen-bond donors (Lipinski definition) is 0. The summed E-state index contributed by atoms with van der Waals surface area (Å²) in [6, 6.07) is 4.01. The molecule has 3 heteroatoms. The summed E-state index contributed by atoms with van der Waals surface area (Å²) in [5, 5.41) is 0. The van der Waals surface area contributed by atoms with Crippen LogP contribution in [0.5, 0.6) is 0 Å². The molecule has 0 fully saturated rings. The number of rotatable bonds is 5. The quantitative estimate of drug-likeness (QED) is 0.697. The summed E-state index contributed by atoms with van der Waals surface area (Å²) in [5.74, 6) is -0.877. The molecule has 0 N–H and O–H groups in total. The highest BCUT2D eigenvalue weighted by Crippen LogP contribution is 2.19. The van der Waals surface area contributed by atoms with E-state index in [2.05, 4.69) is 22.9 Å². The van der Waals surface area contributed by atoms with Crippen LogP contribution in [0.25, 0.3) is 0 Å². The lowest BCUT2D eigenvalue weighted by Gasteiger charge is -2.09. The Morgan fingerprint density at radius 2 is 1.80 bits per heavy atom. The summed E-state index contributed by atoms with van der Waals surface area (Å²) in [5.41, 5.74) is 0.207. The topological polar surface area (TPSA) is 0 Å². The van der Waals surface area contributed by atoms with Gasteiger partial charge in [-0.15, -0.1) is 0 Å². The van der Waals surface area contributed by atoms with E-state index in [4.69, 9.17) is 0 Å². The van der Waals surface area contributed by atoms with Crippen LogP contribution in [-0.4, -0.2) is 4.83 Å². The number of halogens is 3. The van der Waals surface area contributed by atoms with E-state index in [1.54, 1.807) is 0 Å². The fraction of sp³-hybridized carbons (Fsp3) is 0.500. The van der Waals surface area contributed by atoms with Gasteiger partial charge in [-0.3, -0.25) is 0 Å². The van der Waals surface area contributed by atoms with Gasteiger partial charge in [0.1, 0.15) is 11.6 Å². The Morgan fingerprint density at radius 1 is 1.20 bits per heavy atom. The molecule has 0 aliphatic heterocycles. The second-order valence-corrected chi connectivity index (χ2v) is 4.92. The maximum atomic E-state index is 13.2. The first-order valence-corrected chi connectivity index (χ1v) is 6.13. The second kappa shape index (κ2) is 6.21. The molecule has 0 saturated heterocycles. The van der Waals surface area contributed by atoms with Crippen LogP contribution >= 0.6 is 15.9 Å². The highest BCUT2D eigenvalue weighted by atomic mass is 79.9. The van der Waals surface area contributed by atoms with E-state index in [1.165, 1.54) is 18.2 Å². The van der Waals surface area contributed by atoms with Crippen LogP contribution in [0.2, 0.25) is 0 Å². The lowest BCUT2D eigenvalue weighted by molar-refractivity contribution is 0.546. The van der Waals surface area contributed by atoms with Crippen molar-refractivity contribution in [3.8, 4) is 0 Å². The van der Waals surface area contributed by atoms with Gasteiger partial charge in [0.15, 0.2) is 0 Å². The zero-order chi connectivity index (χ0) is 11.3. The Balaban J connectivity index is 2.57. The molecule has 0 heterocycles. The third-order valence-electron chi connectivity index (χ3n) is 2.37. The average Bonchev–Trinajstić information content (AvgIpc) is 2.17. The minimum atomic E-state index is -0.439. The Morgan fingerprint density at radius 3 is 2.33 bits per heavy atom. The van der Waals surface area contributed by atoms with Crippen LogP contribution in [0, 0.1) is 11.6 Å². The molecule has 1 aromatic carbocycles. The molecule has 0 aliphatic carbocycles. The van der Waals surface area contributed by atoms with Crippen molar-refractivity contribution in [1.29, 1.82) is 0 Å². The van der Waals surface area contributed by atoms with Crippen molar-refractivity contribution < 1.29 is 8.78 Å². The molecule has 0 bridgehead atoms. The predicted octanol–water partition coefficient (Wildman–Crippen LogP) is 4.46. The molecule has 0 spiro atoms. The van der Waals surface area contributed by atoms with Crippen molar-refractivity contribution in [3.05, 3.63) is 35.4 Å². The van der Waals surface area contributed by atoms with Gasteiger partial charge in [0.2, 0.25) is 0 Å². The Bertz CT molecular complexity index is 292. The molecule has 15 heavy (non-hydrogen) atoms. The van der Waals surface area contributed by atoms with Crippen LogP contribution < -0.4 is 0 Å². The molecule has 84 valence electrons. The first kappa shape index (κ1) is 12.6. The molecule has 1 unspecified atom stereocenters. The fourth-order valence-electron chi connectivity index (χ4n) is 1.53. The van der Waals surface area contributed by atoms with Crippen molar-refractivity contribution >= 4 is 15.9 Å². The molecule has 1 atom stereocenters. The van der Waals surface area contributed by atoms with Gasteiger partial charge in [0.05, 0.1) is 0 Å². The van der Waals surface area contributed by atoms with Gasteiger partial charge < -0.3 is 0 Å². The molecular formula is C12H15BrF2. The van der Waals surface area contributed by atoms with E-state index in [1.807, 2.05) is 0 Å². The van der Waals surface area contributed by atoms with E-state index >= 15 is 0 Å². The zero-order valence-corrected chi connectivity index (χ0v) is 10.4. The molecule has 0 radical (unpaired) electrons. The summed E-state index contributed by atoms with van der Waals surface area (Å²) >= 11 is 3.50. The summed E-state index contributed by atoms with van der Waals surface area (Å²) in [6.07, 6.45) is 3.34. The van der Waals surface area contributed by atoms with Gasteiger partial charge in [0.25, 0.3) is 0 Å². The van der Waals surface area contributed by atoms with E-state index in [0.717, 1.165) is 19.3 Å². The number of alkyl halides is 1. The summed E-state index contributed by atoms with van der Waals surface area (Å²) in [6.45, 7) is 2.10. The third kappa shape index (κ3) is 3.90. The van der Waals surface area contributed by atoms with Crippen LogP contribution in [-0.2, 0) is 6.42 Å². The average molecular weight is 277 g/mol. The zero-order valence-electron chi connectivity index (χ0n) is 8.77. The Hall–Kier alpha value is -0.440. The van der Waals surface area contributed by atoms with Crippen LogP contribution in [0.1, 0.15) is 31.7 Å². The second-order valence-electron chi connectivity index (χ2n) is 3.62. The number of benzene rings is 1. The van der Waals surface area contributed by atoms with Crippen LogP contribution in [0.3, 0.4) is 0 Å². The summed E-state index contributed by atoms with van der Waals surface area (Å²) in [7, 11) is 0. The van der Waals surface area contributed by atoms with E-state index in [0.29, 0.717) is 11.2 Å². The van der Waals surface area contributed by atoms with Crippen LogP contribution in [0.4, 0.5) is 8.78 Å². The maximum Gasteiger partial charge on any atom is 0.129 e. The molecule has 1 rings (SSSR count). The van der Waals surface area contributed by atoms with Gasteiger partial charge in [-0.05, 0) is 31.4 Å². The Labute approximate surface area is 97.8 Å². The first-order valence-electron chi connectivity index (χ1n) is 5.22. The lowest BCUT2D eigenvalue weighted by atomic mass is 10.1. The Kier molecular flexibility index (Phi) is 5.23. The van der Waals surface area contributed by atoms with E-state index in [9.17, 15) is 8.78 Å². The summed E-state index contributed by atoms with van der Waals surface area (Å²) in [4.78, 5) is 0.349. The normalized spacial score (nSPS) is 12.8. The minimum absolute atomic E-state index is 0.207. The van der Waals surface area contributed by atoms with Crippen molar-refractivity contribution in [2.75, 3.05) is 0 Å². The molecule has 0 saturated carbocycles. The van der Waals surface area contributed by atoms with Crippen LogP contribution in [0.15, 0.2) is 18.2 Å². The SMILES string of the molecule is CCCC(Br)CCc1c(F)cccc1F. The molecule has 0 aromatic heterocycles. The third-order valence-corrected chi connectivity index (χ3v) is 3.29. The van der Waals surface area contributed by atoms with Crippen molar-refractivity contribution in [2.45, 2.75) is 37.4 Å². The standard InChI is InChI=1S/C12H15BrF2/c1-2-4-9(13)7-8-10-11(14)5-3-6-12(10)15/h3,5-6,9H,2,4,7-8H2,1H3. The molecule has 0 aliphatic rings. The maximum absolute atomic E-state index is 13.2. The van der Waals surface area contributed by atoms with Gasteiger partial charge in [0, 0.05) is 10.4 Å². The van der Waals surface area contributed by atoms with Crippen molar-refractivity contribution in [1.82, 2.24) is 0 Å². The molecule has 0 nitrogen and oxygen atoms in total. The largest absolute Gasteiger partial charge is 0.207 e. The monoisotopic (exact) mass is 276 g/mol. The minimum Gasteiger partial charge on any atom is -0.207 e. The van der Waals surface area contributed by atoms with Gasteiger partial charge in [-0.1, -0.05) is 35.3 Å². The smallest absolute Gasteiger partial charge is 0.129 e. The van der Waals surface area contributed by atoms with E-state index in [-0.39, 0.29) is 5.56 Å². The summed E-state index contributed by atoms with van der Waals surface area (Å²) < 4.78 is 26.5. The predicted molar refractivity (Wildman–Crippen MR) is 62.3 cm³/mol. The first-order chi connectivity index (χ1) is 7.15. The molecular weight excluding hydrogens is 262 g/mol. The van der Waals surface area contributed by atoms with Crippen molar-refractivity contribution in [2.24, 2.45) is 0 Å². The highest BCUT2D eigenvalue weighted by molar-refractivity contribution is 9.09. The van der Waals surface area contributed by atoms with Crippen molar-refractivity contribution in [3.63, 3.8) is 0 Å². The van der Waals surface area contributed by atoms with Gasteiger partial charge in [-0.25, -0.2) is 8.78 Å². The van der Waals surface area contributed by atoms with E-state index < -0.39 is 11.6 Å². The van der Waals surface area contributed by atoms with Gasteiger partial charge in [-0.2, -0.15) is 0 Å².